The standard InChI is InChI=1S/C85H166O17P2/c1-6-9-12-15-18-21-23-25-27-29-31-33-35-37-42-46-50-55-60-65-70-85(90)102-81(75-96-83(88)69-64-59-54-49-45-41-36-34-32-30-28-26-24-22-19-16-13-10-7-2)77-100-104(93,94)98-73-79(86)72-97-103(91,92)99-76-80(74-95-82(87)68-63-58-53-20-17-14-11-8-3)101-84(89)71-66-61-56-51-47-43-39-38-40-44-48-52-57-62-67-78(4)5/h78-81,86H,6-77H2,1-5H3,(H,91,92)(H,93,94)/t79-,80+,81+/m0/s1. The highest BCUT2D eigenvalue weighted by molar-refractivity contribution is 7.47. The van der Waals surface area contributed by atoms with E-state index in [4.69, 9.17) is 37.0 Å². The van der Waals surface area contributed by atoms with Crippen LogP contribution in [0.15, 0.2) is 0 Å². The van der Waals surface area contributed by atoms with Crippen LogP contribution < -0.4 is 0 Å². The van der Waals surface area contributed by atoms with Gasteiger partial charge in [-0.25, -0.2) is 9.13 Å². The predicted octanol–water partition coefficient (Wildman–Crippen LogP) is 26.0. The lowest BCUT2D eigenvalue weighted by Gasteiger charge is -2.21. The number of hydrogen-bond acceptors (Lipinski definition) is 15. The second-order valence-electron chi connectivity index (χ2n) is 31.1. The Kier molecular flexibility index (Phi) is 76.3. The summed E-state index contributed by atoms with van der Waals surface area (Å²) in [5.41, 5.74) is 0. The molecule has 0 aromatic heterocycles. The molecule has 3 N–H and O–H groups in total. The Balaban J connectivity index is 5.19. The van der Waals surface area contributed by atoms with E-state index in [1.165, 1.54) is 276 Å². The first kappa shape index (κ1) is 102. The molecule has 0 heterocycles. The van der Waals surface area contributed by atoms with Gasteiger partial charge >= 0.3 is 39.5 Å². The van der Waals surface area contributed by atoms with E-state index in [2.05, 4.69) is 34.6 Å². The van der Waals surface area contributed by atoms with Gasteiger partial charge in [-0.3, -0.25) is 37.3 Å². The van der Waals surface area contributed by atoms with E-state index in [0.717, 1.165) is 102 Å². The Morgan fingerprint density at radius 1 is 0.260 bits per heavy atom. The maximum atomic E-state index is 13.1. The van der Waals surface area contributed by atoms with Crippen molar-refractivity contribution >= 4 is 39.5 Å². The fraction of sp³-hybridized carbons (Fsp3) is 0.953. The topological polar surface area (TPSA) is 237 Å². The molecule has 618 valence electrons. The molecule has 5 atom stereocenters. The van der Waals surface area contributed by atoms with Crippen molar-refractivity contribution in [2.24, 2.45) is 5.92 Å². The number of phosphoric acid groups is 2. The number of carbonyl (C=O) groups is 4. The molecule has 0 fully saturated rings. The molecule has 0 aliphatic carbocycles. The Morgan fingerprint density at radius 3 is 0.654 bits per heavy atom. The van der Waals surface area contributed by atoms with Crippen molar-refractivity contribution in [1.29, 1.82) is 0 Å². The lowest BCUT2D eigenvalue weighted by molar-refractivity contribution is -0.161. The first-order valence-corrected chi connectivity index (χ1v) is 47.1. The van der Waals surface area contributed by atoms with Gasteiger partial charge in [0.1, 0.15) is 19.3 Å². The normalized spacial score (nSPS) is 13.8. The number of unbranched alkanes of at least 4 members (excludes halogenated alkanes) is 57. The van der Waals surface area contributed by atoms with Crippen molar-refractivity contribution in [1.82, 2.24) is 0 Å². The molecule has 2 unspecified atom stereocenters. The third-order valence-electron chi connectivity index (χ3n) is 20.0. The molecular weight excluding hydrogens is 1350 g/mol. The van der Waals surface area contributed by atoms with E-state index in [1.54, 1.807) is 0 Å². The van der Waals surface area contributed by atoms with E-state index < -0.39 is 97.5 Å². The van der Waals surface area contributed by atoms with Gasteiger partial charge in [0, 0.05) is 25.7 Å². The maximum absolute atomic E-state index is 13.1. The summed E-state index contributed by atoms with van der Waals surface area (Å²) in [6.07, 6.45) is 71.0. The van der Waals surface area contributed by atoms with Crippen molar-refractivity contribution in [3.05, 3.63) is 0 Å². The summed E-state index contributed by atoms with van der Waals surface area (Å²) in [7, 11) is -9.92. The minimum absolute atomic E-state index is 0.108. The minimum atomic E-state index is -4.96. The van der Waals surface area contributed by atoms with Crippen LogP contribution in [0.2, 0.25) is 0 Å². The van der Waals surface area contributed by atoms with Gasteiger partial charge < -0.3 is 33.8 Å². The maximum Gasteiger partial charge on any atom is 0.472 e. The van der Waals surface area contributed by atoms with E-state index >= 15 is 0 Å². The van der Waals surface area contributed by atoms with Gasteiger partial charge in [-0.1, -0.05) is 407 Å². The SMILES string of the molecule is CCCCCCCCCCCCCCCCCCCCCCC(=O)O[C@H](COC(=O)CCCCCCCCCCCCCCCCCCCCC)COP(=O)(O)OC[C@@H](O)COP(=O)(O)OC[C@@H](COC(=O)CCCCCCCCCC)OC(=O)CCCCCCCCCCCCCCCCC(C)C. The number of hydrogen-bond donors (Lipinski definition) is 3. The lowest BCUT2D eigenvalue weighted by Crippen LogP contribution is -2.30. The van der Waals surface area contributed by atoms with Gasteiger partial charge in [0.05, 0.1) is 26.4 Å². The van der Waals surface area contributed by atoms with E-state index in [-0.39, 0.29) is 25.7 Å². The van der Waals surface area contributed by atoms with Crippen molar-refractivity contribution in [3.8, 4) is 0 Å². The summed E-state index contributed by atoms with van der Waals surface area (Å²) in [5, 5.41) is 10.7. The third kappa shape index (κ3) is 78.2. The van der Waals surface area contributed by atoms with Crippen LogP contribution in [0.25, 0.3) is 0 Å². The molecule has 0 saturated heterocycles. The summed E-state index contributed by atoms with van der Waals surface area (Å²) in [5.74, 6) is -1.31. The molecule has 19 heteroatoms. The van der Waals surface area contributed by atoms with Crippen LogP contribution in [0.5, 0.6) is 0 Å². The quantitative estimate of drug-likeness (QED) is 0.0222. The molecule has 0 aromatic rings. The molecular formula is C85H166O17P2. The largest absolute Gasteiger partial charge is 0.472 e. The van der Waals surface area contributed by atoms with Crippen LogP contribution in [0, 0.1) is 5.92 Å². The highest BCUT2D eigenvalue weighted by Gasteiger charge is 2.30. The Bertz CT molecular complexity index is 1980. The summed E-state index contributed by atoms with van der Waals surface area (Å²) < 4.78 is 68.8. The van der Waals surface area contributed by atoms with Crippen LogP contribution in [0.1, 0.15) is 458 Å². The van der Waals surface area contributed by atoms with Gasteiger partial charge in [-0.15, -0.1) is 0 Å². The summed E-state index contributed by atoms with van der Waals surface area (Å²) in [4.78, 5) is 73.1. The minimum Gasteiger partial charge on any atom is -0.462 e. The van der Waals surface area contributed by atoms with Crippen LogP contribution in [0.4, 0.5) is 0 Å². The average Bonchev–Trinajstić information content (AvgIpc) is 0.934. The van der Waals surface area contributed by atoms with Gasteiger partial charge in [-0.05, 0) is 31.6 Å². The highest BCUT2D eigenvalue weighted by atomic mass is 31.2. The van der Waals surface area contributed by atoms with Gasteiger partial charge in [0.15, 0.2) is 12.2 Å². The number of ether oxygens (including phenoxy) is 4. The zero-order valence-electron chi connectivity index (χ0n) is 68.2. The monoisotopic (exact) mass is 1520 g/mol. The molecule has 0 bridgehead atoms. The molecule has 0 amide bonds. The molecule has 104 heavy (non-hydrogen) atoms. The summed E-state index contributed by atoms with van der Waals surface area (Å²) in [6.45, 7) is 7.35. The van der Waals surface area contributed by atoms with Gasteiger partial charge in [0.25, 0.3) is 0 Å². The van der Waals surface area contributed by atoms with Crippen LogP contribution >= 0.6 is 15.6 Å². The zero-order valence-corrected chi connectivity index (χ0v) is 70.0. The Hall–Kier alpha value is -1.94. The summed E-state index contributed by atoms with van der Waals surface area (Å²) in [6, 6.07) is 0. The second-order valence-corrected chi connectivity index (χ2v) is 34.0. The van der Waals surface area contributed by atoms with Crippen LogP contribution in [-0.2, 0) is 65.4 Å². The van der Waals surface area contributed by atoms with E-state index in [9.17, 15) is 43.2 Å². The third-order valence-corrected chi connectivity index (χ3v) is 21.9. The van der Waals surface area contributed by atoms with Crippen molar-refractivity contribution in [2.75, 3.05) is 39.6 Å². The van der Waals surface area contributed by atoms with Crippen LogP contribution in [0.3, 0.4) is 0 Å². The molecule has 0 radical (unpaired) electrons. The molecule has 0 saturated carbocycles. The molecule has 0 aliphatic rings. The van der Waals surface area contributed by atoms with Gasteiger partial charge in [-0.2, -0.15) is 0 Å². The number of esters is 4. The fourth-order valence-electron chi connectivity index (χ4n) is 13.3. The molecule has 17 nitrogen and oxygen atoms in total. The average molecular weight is 1520 g/mol. The lowest BCUT2D eigenvalue weighted by atomic mass is 10.0. The highest BCUT2D eigenvalue weighted by Crippen LogP contribution is 2.45. The van der Waals surface area contributed by atoms with Gasteiger partial charge in [0.2, 0.25) is 0 Å². The Labute approximate surface area is 638 Å². The van der Waals surface area contributed by atoms with E-state index in [0.29, 0.717) is 25.7 Å². The fourth-order valence-corrected chi connectivity index (χ4v) is 14.9. The zero-order chi connectivity index (χ0) is 76.2. The number of carbonyl (C=O) groups excluding carboxylic acids is 4. The van der Waals surface area contributed by atoms with Crippen molar-refractivity contribution in [2.45, 2.75) is 477 Å². The van der Waals surface area contributed by atoms with Crippen molar-refractivity contribution < 1.29 is 80.2 Å². The number of phosphoric ester groups is 2. The first-order valence-electron chi connectivity index (χ1n) is 44.1. The predicted molar refractivity (Wildman–Crippen MR) is 428 cm³/mol. The second kappa shape index (κ2) is 77.8. The molecule has 0 aromatic carbocycles. The number of aliphatic hydroxyl groups is 1. The number of aliphatic hydroxyl groups excluding tert-OH is 1. The Morgan fingerprint density at radius 2 is 0.442 bits per heavy atom. The number of rotatable bonds is 85. The molecule has 0 aliphatic heterocycles. The van der Waals surface area contributed by atoms with Crippen molar-refractivity contribution in [3.63, 3.8) is 0 Å². The molecule has 0 spiro atoms. The summed E-state index contributed by atoms with van der Waals surface area (Å²) >= 11 is 0. The smallest absolute Gasteiger partial charge is 0.462 e. The van der Waals surface area contributed by atoms with E-state index in [1.807, 2.05) is 0 Å². The first-order chi connectivity index (χ1) is 50.5. The molecule has 0 rings (SSSR count). The van der Waals surface area contributed by atoms with Crippen LogP contribution in [-0.4, -0.2) is 96.7 Å².